The summed E-state index contributed by atoms with van der Waals surface area (Å²) in [6, 6.07) is 0. The van der Waals surface area contributed by atoms with Gasteiger partial charge in [0.05, 0.1) is 6.10 Å². The lowest BCUT2D eigenvalue weighted by Gasteiger charge is -2.19. The highest BCUT2D eigenvalue weighted by Crippen LogP contribution is 2.12. The molecule has 17 heavy (non-hydrogen) atoms. The third-order valence-corrected chi connectivity index (χ3v) is 2.86. The zero-order valence-corrected chi connectivity index (χ0v) is 10.5. The number of aromatic nitrogens is 3. The van der Waals surface area contributed by atoms with Gasteiger partial charge in [0.1, 0.15) is 5.82 Å². The fraction of sp³-hybridized carbons (Fsp3) is 0.727. The first-order valence-corrected chi connectivity index (χ1v) is 5.93. The Labute approximate surface area is 101 Å². The zero-order chi connectivity index (χ0) is 12.8. The van der Waals surface area contributed by atoms with Crippen LogP contribution in [0, 0.1) is 12.8 Å². The van der Waals surface area contributed by atoms with Crippen molar-refractivity contribution in [1.29, 1.82) is 0 Å². The van der Waals surface area contributed by atoms with Crippen LogP contribution in [0.4, 0.5) is 0 Å². The maximum absolute atomic E-state index is 11.6. The molecule has 1 atom stereocenters. The molecule has 1 aromatic rings. The number of aliphatic hydroxyl groups excluding tert-OH is 1. The number of aromatic amines is 1. The summed E-state index contributed by atoms with van der Waals surface area (Å²) in [5, 5.41) is 18.8. The minimum Gasteiger partial charge on any atom is -0.391 e. The molecule has 0 saturated heterocycles. The number of carbonyl (C=O) groups is 1. The van der Waals surface area contributed by atoms with Crippen molar-refractivity contribution in [3.05, 3.63) is 11.6 Å². The van der Waals surface area contributed by atoms with Crippen molar-refractivity contribution in [2.75, 3.05) is 6.54 Å². The predicted octanol–water partition coefficient (Wildman–Crippen LogP) is 0.640. The predicted molar refractivity (Wildman–Crippen MR) is 63.5 cm³/mol. The Hall–Kier alpha value is -1.43. The van der Waals surface area contributed by atoms with E-state index in [0.29, 0.717) is 5.82 Å². The lowest BCUT2D eigenvalue weighted by atomic mass is 9.96. The van der Waals surface area contributed by atoms with Crippen LogP contribution < -0.4 is 5.32 Å². The molecule has 6 heteroatoms. The van der Waals surface area contributed by atoms with Gasteiger partial charge in [-0.15, -0.1) is 5.10 Å². The molecule has 0 aliphatic carbocycles. The fourth-order valence-electron chi connectivity index (χ4n) is 1.72. The van der Waals surface area contributed by atoms with Gasteiger partial charge >= 0.3 is 0 Å². The molecule has 0 aromatic carbocycles. The quantitative estimate of drug-likeness (QED) is 0.680. The van der Waals surface area contributed by atoms with E-state index in [1.807, 2.05) is 13.8 Å². The molecule has 0 fully saturated rings. The van der Waals surface area contributed by atoms with Gasteiger partial charge in [-0.1, -0.05) is 26.7 Å². The number of H-pyrrole nitrogens is 1. The van der Waals surface area contributed by atoms with Crippen molar-refractivity contribution < 1.29 is 9.90 Å². The fourth-order valence-corrected chi connectivity index (χ4v) is 1.72. The second-order valence-electron chi connectivity index (χ2n) is 4.10. The first-order valence-electron chi connectivity index (χ1n) is 5.93. The van der Waals surface area contributed by atoms with Gasteiger partial charge in [0.25, 0.3) is 5.91 Å². The topological polar surface area (TPSA) is 90.9 Å². The Kier molecular flexibility index (Phi) is 5.09. The number of rotatable bonds is 6. The molecule has 0 aliphatic heterocycles. The van der Waals surface area contributed by atoms with Crippen LogP contribution in [0.2, 0.25) is 0 Å². The van der Waals surface area contributed by atoms with Crippen LogP contribution in [0.5, 0.6) is 0 Å². The van der Waals surface area contributed by atoms with Crippen LogP contribution in [0.25, 0.3) is 0 Å². The zero-order valence-electron chi connectivity index (χ0n) is 10.5. The molecule has 0 radical (unpaired) electrons. The van der Waals surface area contributed by atoms with Crippen LogP contribution in [-0.2, 0) is 0 Å². The summed E-state index contributed by atoms with van der Waals surface area (Å²) < 4.78 is 0. The van der Waals surface area contributed by atoms with Crippen LogP contribution in [-0.4, -0.2) is 38.8 Å². The maximum atomic E-state index is 11.6. The molecule has 1 aromatic heterocycles. The van der Waals surface area contributed by atoms with Crippen molar-refractivity contribution in [3.8, 4) is 0 Å². The summed E-state index contributed by atoms with van der Waals surface area (Å²) in [5.41, 5.74) is 0. The monoisotopic (exact) mass is 240 g/mol. The molecule has 0 aliphatic rings. The van der Waals surface area contributed by atoms with Gasteiger partial charge in [0.15, 0.2) is 0 Å². The molecular weight excluding hydrogens is 220 g/mol. The van der Waals surface area contributed by atoms with Gasteiger partial charge in [0.2, 0.25) is 5.82 Å². The first-order chi connectivity index (χ1) is 8.08. The van der Waals surface area contributed by atoms with Gasteiger partial charge in [-0.3, -0.25) is 9.89 Å². The highest BCUT2D eigenvalue weighted by Gasteiger charge is 2.18. The number of nitrogens with one attached hydrogen (secondary N) is 2. The Morgan fingerprint density at radius 3 is 2.59 bits per heavy atom. The Bertz CT molecular complexity index is 360. The second-order valence-corrected chi connectivity index (χ2v) is 4.10. The smallest absolute Gasteiger partial charge is 0.291 e. The minimum atomic E-state index is -0.519. The molecule has 96 valence electrons. The summed E-state index contributed by atoms with van der Waals surface area (Å²) in [5.74, 6) is 0.554. The van der Waals surface area contributed by atoms with E-state index in [1.165, 1.54) is 0 Å². The number of aliphatic hydroxyl groups is 1. The van der Waals surface area contributed by atoms with Crippen LogP contribution in [0.3, 0.4) is 0 Å². The van der Waals surface area contributed by atoms with Gasteiger partial charge in [-0.05, 0) is 12.8 Å². The number of nitrogens with zero attached hydrogens (tertiary/aromatic N) is 2. The van der Waals surface area contributed by atoms with E-state index in [0.717, 1.165) is 12.8 Å². The van der Waals surface area contributed by atoms with Crippen molar-refractivity contribution in [3.63, 3.8) is 0 Å². The highest BCUT2D eigenvalue weighted by atomic mass is 16.3. The van der Waals surface area contributed by atoms with Crippen molar-refractivity contribution in [2.45, 2.75) is 39.7 Å². The van der Waals surface area contributed by atoms with Gasteiger partial charge in [-0.25, -0.2) is 4.98 Å². The van der Waals surface area contributed by atoms with Crippen LogP contribution in [0.15, 0.2) is 0 Å². The average molecular weight is 240 g/mol. The number of hydrogen-bond acceptors (Lipinski definition) is 4. The lowest BCUT2D eigenvalue weighted by Crippen LogP contribution is -2.36. The number of aryl methyl sites for hydroxylation is 1. The lowest BCUT2D eigenvalue weighted by molar-refractivity contribution is 0.0809. The van der Waals surface area contributed by atoms with E-state index >= 15 is 0 Å². The SMILES string of the molecule is CCC(CC)C(O)CNC(=O)c1n[nH]c(C)n1. The van der Waals surface area contributed by atoms with E-state index in [2.05, 4.69) is 20.5 Å². The third kappa shape index (κ3) is 3.81. The molecule has 1 heterocycles. The minimum absolute atomic E-state index is 0.110. The molecular formula is C11H20N4O2. The van der Waals surface area contributed by atoms with Gasteiger partial charge in [-0.2, -0.15) is 0 Å². The maximum Gasteiger partial charge on any atom is 0.291 e. The van der Waals surface area contributed by atoms with Crippen molar-refractivity contribution in [2.24, 2.45) is 5.92 Å². The summed E-state index contributed by atoms with van der Waals surface area (Å²) in [6.45, 7) is 6.01. The molecule has 0 bridgehead atoms. The van der Waals surface area contributed by atoms with E-state index in [9.17, 15) is 9.90 Å². The molecule has 1 rings (SSSR count). The van der Waals surface area contributed by atoms with Gasteiger partial charge < -0.3 is 10.4 Å². The molecule has 3 N–H and O–H groups in total. The van der Waals surface area contributed by atoms with E-state index in [1.54, 1.807) is 6.92 Å². The number of amides is 1. The molecule has 1 amide bonds. The van der Waals surface area contributed by atoms with E-state index in [-0.39, 0.29) is 24.2 Å². The third-order valence-electron chi connectivity index (χ3n) is 2.86. The normalized spacial score (nSPS) is 12.8. The summed E-state index contributed by atoms with van der Waals surface area (Å²) in [7, 11) is 0. The summed E-state index contributed by atoms with van der Waals surface area (Å²) in [4.78, 5) is 15.5. The van der Waals surface area contributed by atoms with Crippen molar-refractivity contribution >= 4 is 5.91 Å². The van der Waals surface area contributed by atoms with Crippen molar-refractivity contribution in [1.82, 2.24) is 20.5 Å². The van der Waals surface area contributed by atoms with Gasteiger partial charge in [0, 0.05) is 6.54 Å². The second kappa shape index (κ2) is 6.34. The molecule has 0 saturated carbocycles. The Morgan fingerprint density at radius 2 is 2.12 bits per heavy atom. The highest BCUT2D eigenvalue weighted by molar-refractivity contribution is 5.90. The standard InChI is InChI=1S/C11H20N4O2/c1-4-8(5-2)9(16)6-12-11(17)10-13-7(3)14-15-10/h8-9,16H,4-6H2,1-3H3,(H,12,17)(H,13,14,15). The average Bonchev–Trinajstić information content (AvgIpc) is 2.74. The molecule has 0 spiro atoms. The van der Waals surface area contributed by atoms with Crippen LogP contribution >= 0.6 is 0 Å². The number of carbonyl (C=O) groups excluding carboxylic acids is 1. The summed E-state index contributed by atoms with van der Waals surface area (Å²) in [6.07, 6.45) is 1.27. The van der Waals surface area contributed by atoms with Crippen LogP contribution in [0.1, 0.15) is 43.1 Å². The number of hydrogen-bond donors (Lipinski definition) is 3. The molecule has 1 unspecified atom stereocenters. The Balaban J connectivity index is 2.43. The van der Waals surface area contributed by atoms with E-state index < -0.39 is 6.10 Å². The summed E-state index contributed by atoms with van der Waals surface area (Å²) >= 11 is 0. The van der Waals surface area contributed by atoms with E-state index in [4.69, 9.17) is 0 Å². The molecule has 6 nitrogen and oxygen atoms in total. The largest absolute Gasteiger partial charge is 0.391 e. The first kappa shape index (κ1) is 13.6. The Morgan fingerprint density at radius 1 is 1.47 bits per heavy atom.